The first-order valence-electron chi connectivity index (χ1n) is 9.84. The molecule has 0 aliphatic heterocycles. The zero-order valence-corrected chi connectivity index (χ0v) is 16.8. The molecule has 7 nitrogen and oxygen atoms in total. The van der Waals surface area contributed by atoms with E-state index in [0.29, 0.717) is 12.5 Å². The number of carbonyl (C=O) groups excluding carboxylic acids is 1. The van der Waals surface area contributed by atoms with E-state index in [-0.39, 0.29) is 12.5 Å². The van der Waals surface area contributed by atoms with Gasteiger partial charge in [-0.25, -0.2) is 4.99 Å². The lowest BCUT2D eigenvalue weighted by molar-refractivity contribution is -0.119. The van der Waals surface area contributed by atoms with E-state index in [4.69, 9.17) is 4.42 Å². The summed E-state index contributed by atoms with van der Waals surface area (Å²) in [6.07, 6.45) is 2.56. The third kappa shape index (κ3) is 7.73. The van der Waals surface area contributed by atoms with Crippen molar-refractivity contribution < 1.29 is 9.21 Å². The van der Waals surface area contributed by atoms with Gasteiger partial charge in [-0.1, -0.05) is 18.2 Å². The molecule has 0 aliphatic carbocycles. The van der Waals surface area contributed by atoms with Crippen LogP contribution in [0.25, 0.3) is 0 Å². The molecule has 0 saturated heterocycles. The van der Waals surface area contributed by atoms with Crippen LogP contribution >= 0.6 is 0 Å². The highest BCUT2D eigenvalue weighted by Gasteiger charge is 2.05. The molecule has 0 saturated carbocycles. The monoisotopic (exact) mass is 385 g/mol. The summed E-state index contributed by atoms with van der Waals surface area (Å²) in [5.41, 5.74) is 1.24. The van der Waals surface area contributed by atoms with Crippen LogP contribution in [0, 0.1) is 0 Å². The molecule has 0 fully saturated rings. The Bertz CT molecular complexity index is 701. The number of amides is 1. The Balaban J connectivity index is 1.72. The quantitative estimate of drug-likeness (QED) is 0.314. The molecule has 1 amide bonds. The number of furan rings is 1. The molecule has 2 rings (SSSR count). The number of nitrogens with one attached hydrogen (secondary N) is 3. The molecule has 0 radical (unpaired) electrons. The second kappa shape index (κ2) is 12.4. The third-order valence-corrected chi connectivity index (χ3v) is 4.17. The number of carbonyl (C=O) groups is 1. The summed E-state index contributed by atoms with van der Waals surface area (Å²) in [5, 5.41) is 9.25. The average Bonchev–Trinajstić information content (AvgIpc) is 3.24. The van der Waals surface area contributed by atoms with Gasteiger partial charge in [0.1, 0.15) is 12.3 Å². The van der Waals surface area contributed by atoms with E-state index in [1.807, 2.05) is 19.1 Å². The van der Waals surface area contributed by atoms with Crippen molar-refractivity contribution in [3.05, 3.63) is 54.5 Å². The predicted octanol–water partition coefficient (Wildman–Crippen LogP) is 2.37. The van der Waals surface area contributed by atoms with E-state index in [0.717, 1.165) is 38.4 Å². The van der Waals surface area contributed by atoms with Crippen molar-refractivity contribution in [2.45, 2.75) is 26.8 Å². The SMILES string of the molecule is CCNC(=NCC(=O)NCc1ccco1)NCCCN(CC)c1ccccc1. The van der Waals surface area contributed by atoms with E-state index in [1.165, 1.54) is 5.69 Å². The number of hydrogen-bond donors (Lipinski definition) is 3. The maximum absolute atomic E-state index is 11.9. The molecule has 3 N–H and O–H groups in total. The van der Waals surface area contributed by atoms with Crippen LogP contribution in [0.2, 0.25) is 0 Å². The van der Waals surface area contributed by atoms with Gasteiger partial charge in [0.05, 0.1) is 12.8 Å². The fourth-order valence-electron chi connectivity index (χ4n) is 2.73. The van der Waals surface area contributed by atoms with Crippen molar-refractivity contribution in [1.82, 2.24) is 16.0 Å². The van der Waals surface area contributed by atoms with Crippen LogP contribution in [0.3, 0.4) is 0 Å². The Morgan fingerprint density at radius 2 is 1.89 bits per heavy atom. The van der Waals surface area contributed by atoms with Gasteiger partial charge in [0.15, 0.2) is 5.96 Å². The van der Waals surface area contributed by atoms with Crippen molar-refractivity contribution in [3.63, 3.8) is 0 Å². The standard InChI is InChI=1S/C21H31N5O2/c1-3-22-21(25-17-20(27)24-16-19-12-8-15-28-19)23-13-9-14-26(4-2)18-10-6-5-7-11-18/h5-8,10-12,15H,3-4,9,13-14,16-17H2,1-2H3,(H,24,27)(H2,22,23,25). The zero-order chi connectivity index (χ0) is 20.0. The summed E-state index contributed by atoms with van der Waals surface area (Å²) >= 11 is 0. The molecule has 0 bridgehead atoms. The summed E-state index contributed by atoms with van der Waals surface area (Å²) in [7, 11) is 0. The van der Waals surface area contributed by atoms with Crippen molar-refractivity contribution in [2.75, 3.05) is 37.6 Å². The molecule has 28 heavy (non-hydrogen) atoms. The largest absolute Gasteiger partial charge is 0.467 e. The minimum atomic E-state index is -0.144. The van der Waals surface area contributed by atoms with E-state index < -0.39 is 0 Å². The minimum absolute atomic E-state index is 0.0706. The predicted molar refractivity (Wildman–Crippen MR) is 113 cm³/mol. The summed E-state index contributed by atoms with van der Waals surface area (Å²) in [5.74, 6) is 1.23. The molecule has 1 aromatic carbocycles. The highest BCUT2D eigenvalue weighted by Crippen LogP contribution is 2.12. The minimum Gasteiger partial charge on any atom is -0.467 e. The van der Waals surface area contributed by atoms with Gasteiger partial charge in [-0.15, -0.1) is 0 Å². The fourth-order valence-corrected chi connectivity index (χ4v) is 2.73. The van der Waals surface area contributed by atoms with Crippen LogP contribution in [0.15, 0.2) is 58.1 Å². The maximum Gasteiger partial charge on any atom is 0.242 e. The second-order valence-corrected chi connectivity index (χ2v) is 6.25. The maximum atomic E-state index is 11.9. The number of para-hydroxylation sites is 1. The van der Waals surface area contributed by atoms with Crippen LogP contribution < -0.4 is 20.9 Å². The summed E-state index contributed by atoms with van der Waals surface area (Å²) in [6, 6.07) is 14.0. The average molecular weight is 386 g/mol. The highest BCUT2D eigenvalue weighted by molar-refractivity contribution is 5.84. The lowest BCUT2D eigenvalue weighted by Gasteiger charge is -2.23. The number of hydrogen-bond acceptors (Lipinski definition) is 4. The lowest BCUT2D eigenvalue weighted by Crippen LogP contribution is -2.39. The van der Waals surface area contributed by atoms with Gasteiger partial charge in [0, 0.05) is 31.9 Å². The fraction of sp³-hybridized carbons (Fsp3) is 0.429. The molecular formula is C21H31N5O2. The van der Waals surface area contributed by atoms with Crippen molar-refractivity contribution in [1.29, 1.82) is 0 Å². The van der Waals surface area contributed by atoms with Crippen LogP contribution in [-0.4, -0.2) is 44.6 Å². The molecule has 2 aromatic rings. The van der Waals surface area contributed by atoms with Gasteiger partial charge in [-0.05, 0) is 44.5 Å². The Morgan fingerprint density at radius 3 is 2.57 bits per heavy atom. The molecule has 0 atom stereocenters. The van der Waals surface area contributed by atoms with E-state index in [1.54, 1.807) is 12.3 Å². The Hall–Kier alpha value is -2.96. The van der Waals surface area contributed by atoms with Crippen molar-refractivity contribution in [2.24, 2.45) is 4.99 Å². The first kappa shape index (κ1) is 21.3. The molecule has 0 unspecified atom stereocenters. The number of anilines is 1. The van der Waals surface area contributed by atoms with E-state index in [9.17, 15) is 4.79 Å². The van der Waals surface area contributed by atoms with Crippen molar-refractivity contribution >= 4 is 17.6 Å². The normalized spacial score (nSPS) is 11.1. The number of rotatable bonds is 11. The molecular weight excluding hydrogens is 354 g/mol. The van der Waals surface area contributed by atoms with Gasteiger partial charge >= 0.3 is 0 Å². The van der Waals surface area contributed by atoms with Crippen LogP contribution in [0.1, 0.15) is 26.0 Å². The summed E-state index contributed by atoms with van der Waals surface area (Å²) in [6.45, 7) is 8.05. The van der Waals surface area contributed by atoms with Crippen LogP contribution in [-0.2, 0) is 11.3 Å². The topological polar surface area (TPSA) is 81.9 Å². The Kier molecular flexibility index (Phi) is 9.47. The van der Waals surface area contributed by atoms with E-state index >= 15 is 0 Å². The third-order valence-electron chi connectivity index (χ3n) is 4.17. The molecule has 1 heterocycles. The van der Waals surface area contributed by atoms with Gasteiger partial charge in [0.25, 0.3) is 0 Å². The highest BCUT2D eigenvalue weighted by atomic mass is 16.3. The van der Waals surface area contributed by atoms with Gasteiger partial charge < -0.3 is 25.3 Å². The summed E-state index contributed by atoms with van der Waals surface area (Å²) < 4.78 is 5.19. The molecule has 0 spiro atoms. The van der Waals surface area contributed by atoms with E-state index in [2.05, 4.69) is 57.0 Å². The van der Waals surface area contributed by atoms with Gasteiger partial charge in [-0.2, -0.15) is 0 Å². The number of aliphatic imine (C=N–C) groups is 1. The molecule has 1 aromatic heterocycles. The first-order valence-corrected chi connectivity index (χ1v) is 9.84. The smallest absolute Gasteiger partial charge is 0.242 e. The number of nitrogens with zero attached hydrogens (tertiary/aromatic N) is 2. The molecule has 7 heteroatoms. The second-order valence-electron chi connectivity index (χ2n) is 6.25. The van der Waals surface area contributed by atoms with Gasteiger partial charge in [0.2, 0.25) is 5.91 Å². The Morgan fingerprint density at radius 1 is 1.07 bits per heavy atom. The van der Waals surface area contributed by atoms with Crippen LogP contribution in [0.5, 0.6) is 0 Å². The van der Waals surface area contributed by atoms with Crippen LogP contribution in [0.4, 0.5) is 5.69 Å². The van der Waals surface area contributed by atoms with Gasteiger partial charge in [-0.3, -0.25) is 4.79 Å². The number of benzene rings is 1. The number of guanidine groups is 1. The molecule has 0 aliphatic rings. The Labute approximate surface area is 167 Å². The summed E-state index contributed by atoms with van der Waals surface area (Å²) in [4.78, 5) is 18.6. The van der Waals surface area contributed by atoms with Crippen molar-refractivity contribution in [3.8, 4) is 0 Å². The first-order chi connectivity index (χ1) is 13.7. The zero-order valence-electron chi connectivity index (χ0n) is 16.8. The lowest BCUT2D eigenvalue weighted by atomic mass is 10.2. The molecule has 152 valence electrons.